The van der Waals surface area contributed by atoms with Crippen LogP contribution >= 0.6 is 0 Å². The Bertz CT molecular complexity index is 163. The molecule has 3 heteroatoms. The molecule has 3 nitrogen and oxygen atoms in total. The molecule has 0 aliphatic rings. The Morgan fingerprint density at radius 3 is 1.75 bits per heavy atom. The molecule has 0 atom stereocenters. The second kappa shape index (κ2) is 6.58. The minimum atomic E-state index is 0.0714. The van der Waals surface area contributed by atoms with Gasteiger partial charge in [0, 0.05) is 0 Å². The molecule has 0 aromatic rings. The Balaban J connectivity index is 4.06. The second-order valence-electron chi connectivity index (χ2n) is 6.32. The van der Waals surface area contributed by atoms with E-state index in [1.165, 1.54) is 0 Å². The SMILES string of the molecule is CC(C)(C)C(OCCOCCO)C(C)(C)C. The van der Waals surface area contributed by atoms with Crippen LogP contribution in [-0.2, 0) is 9.47 Å². The summed E-state index contributed by atoms with van der Waals surface area (Å²) in [6, 6.07) is 0. The fourth-order valence-corrected chi connectivity index (χ4v) is 2.19. The van der Waals surface area contributed by atoms with Crippen molar-refractivity contribution in [3.05, 3.63) is 0 Å². The lowest BCUT2D eigenvalue weighted by molar-refractivity contribution is -0.0969. The van der Waals surface area contributed by atoms with Gasteiger partial charge in [-0.05, 0) is 10.8 Å². The van der Waals surface area contributed by atoms with Gasteiger partial charge < -0.3 is 14.6 Å². The van der Waals surface area contributed by atoms with Crippen LogP contribution in [-0.4, -0.2) is 37.6 Å². The van der Waals surface area contributed by atoms with E-state index in [4.69, 9.17) is 14.6 Å². The second-order valence-corrected chi connectivity index (χ2v) is 6.32. The largest absolute Gasteiger partial charge is 0.394 e. The fraction of sp³-hybridized carbons (Fsp3) is 1.00. The average molecular weight is 232 g/mol. The van der Waals surface area contributed by atoms with E-state index in [1.54, 1.807) is 0 Å². The fourth-order valence-electron chi connectivity index (χ4n) is 2.19. The molecule has 0 aliphatic heterocycles. The Kier molecular flexibility index (Phi) is 6.53. The normalized spacial score (nSPS) is 13.5. The lowest BCUT2D eigenvalue weighted by Gasteiger charge is -2.40. The number of hydrogen-bond donors (Lipinski definition) is 1. The van der Waals surface area contributed by atoms with Gasteiger partial charge in [-0.25, -0.2) is 0 Å². The van der Waals surface area contributed by atoms with E-state index >= 15 is 0 Å². The van der Waals surface area contributed by atoms with Crippen molar-refractivity contribution < 1.29 is 14.6 Å². The summed E-state index contributed by atoms with van der Waals surface area (Å²) in [5.74, 6) is 0. The van der Waals surface area contributed by atoms with Gasteiger partial charge >= 0.3 is 0 Å². The van der Waals surface area contributed by atoms with Gasteiger partial charge in [0.05, 0.1) is 32.5 Å². The molecule has 0 amide bonds. The van der Waals surface area contributed by atoms with Crippen molar-refractivity contribution in [1.29, 1.82) is 0 Å². The third-order valence-electron chi connectivity index (χ3n) is 2.32. The van der Waals surface area contributed by atoms with Crippen LogP contribution in [0.1, 0.15) is 41.5 Å². The Morgan fingerprint density at radius 1 is 0.875 bits per heavy atom. The molecule has 0 heterocycles. The van der Waals surface area contributed by atoms with E-state index in [1.807, 2.05) is 0 Å². The van der Waals surface area contributed by atoms with Crippen LogP contribution in [0.5, 0.6) is 0 Å². The number of aliphatic hydroxyl groups is 1. The van der Waals surface area contributed by atoms with E-state index in [0.29, 0.717) is 19.8 Å². The molecule has 0 fully saturated rings. The molecule has 0 rings (SSSR count). The maximum Gasteiger partial charge on any atom is 0.0704 e. The van der Waals surface area contributed by atoms with Crippen LogP contribution in [0.15, 0.2) is 0 Å². The van der Waals surface area contributed by atoms with Gasteiger partial charge in [0.25, 0.3) is 0 Å². The third-order valence-corrected chi connectivity index (χ3v) is 2.32. The summed E-state index contributed by atoms with van der Waals surface area (Å²) in [5, 5.41) is 8.57. The quantitative estimate of drug-likeness (QED) is 0.715. The molecule has 16 heavy (non-hydrogen) atoms. The standard InChI is InChI=1S/C13H28O3/c1-12(2,3)11(13(4,5)6)16-10-9-15-8-7-14/h11,14H,7-10H2,1-6H3. The molecule has 0 unspecified atom stereocenters. The summed E-state index contributed by atoms with van der Waals surface area (Å²) < 4.78 is 11.1. The van der Waals surface area contributed by atoms with Crippen LogP contribution < -0.4 is 0 Å². The molecule has 0 aromatic heterocycles. The molecule has 0 aliphatic carbocycles. The van der Waals surface area contributed by atoms with Crippen LogP contribution in [0.25, 0.3) is 0 Å². The zero-order valence-corrected chi connectivity index (χ0v) is 11.7. The molecule has 0 radical (unpaired) electrons. The predicted molar refractivity (Wildman–Crippen MR) is 66.6 cm³/mol. The molecule has 0 saturated carbocycles. The summed E-state index contributed by atoms with van der Waals surface area (Å²) in [6.45, 7) is 14.7. The highest BCUT2D eigenvalue weighted by Crippen LogP contribution is 2.35. The minimum Gasteiger partial charge on any atom is -0.394 e. The first kappa shape index (κ1) is 15.9. The highest BCUT2D eigenvalue weighted by molar-refractivity contribution is 4.84. The summed E-state index contributed by atoms with van der Waals surface area (Å²) >= 11 is 0. The van der Waals surface area contributed by atoms with Gasteiger partial charge in [-0.15, -0.1) is 0 Å². The van der Waals surface area contributed by atoms with Gasteiger partial charge in [-0.1, -0.05) is 41.5 Å². The van der Waals surface area contributed by atoms with Crippen molar-refractivity contribution >= 4 is 0 Å². The molecule has 0 bridgehead atoms. The van der Waals surface area contributed by atoms with Crippen molar-refractivity contribution in [3.8, 4) is 0 Å². The van der Waals surface area contributed by atoms with Gasteiger partial charge in [0.1, 0.15) is 0 Å². The number of rotatable bonds is 6. The summed E-state index contributed by atoms with van der Waals surface area (Å²) in [7, 11) is 0. The maximum absolute atomic E-state index is 8.57. The van der Waals surface area contributed by atoms with Gasteiger partial charge in [0.15, 0.2) is 0 Å². The Morgan fingerprint density at radius 2 is 1.38 bits per heavy atom. The van der Waals surface area contributed by atoms with Gasteiger partial charge in [-0.2, -0.15) is 0 Å². The van der Waals surface area contributed by atoms with Crippen molar-refractivity contribution in [2.75, 3.05) is 26.4 Å². The van der Waals surface area contributed by atoms with Crippen LogP contribution in [0.4, 0.5) is 0 Å². The first-order chi connectivity index (χ1) is 7.19. The predicted octanol–water partition coefficient (Wildman–Crippen LogP) is 2.47. The van der Waals surface area contributed by atoms with Gasteiger partial charge in [0.2, 0.25) is 0 Å². The highest BCUT2D eigenvalue weighted by atomic mass is 16.5. The van der Waals surface area contributed by atoms with E-state index in [9.17, 15) is 0 Å². The third kappa shape index (κ3) is 6.46. The van der Waals surface area contributed by atoms with E-state index in [0.717, 1.165) is 0 Å². The smallest absolute Gasteiger partial charge is 0.0704 e. The molecule has 0 aromatic carbocycles. The number of ether oxygens (including phenoxy) is 2. The van der Waals surface area contributed by atoms with Gasteiger partial charge in [-0.3, -0.25) is 0 Å². The van der Waals surface area contributed by atoms with Crippen molar-refractivity contribution in [3.63, 3.8) is 0 Å². The molecule has 0 saturated heterocycles. The molecular weight excluding hydrogens is 204 g/mol. The van der Waals surface area contributed by atoms with Crippen molar-refractivity contribution in [2.45, 2.75) is 47.6 Å². The van der Waals surface area contributed by atoms with Crippen LogP contribution in [0.3, 0.4) is 0 Å². The lowest BCUT2D eigenvalue weighted by Crippen LogP contribution is -2.41. The van der Waals surface area contributed by atoms with Crippen LogP contribution in [0, 0.1) is 10.8 Å². The zero-order chi connectivity index (χ0) is 12.8. The first-order valence-corrected chi connectivity index (χ1v) is 6.00. The average Bonchev–Trinajstić information content (AvgIpc) is 2.06. The van der Waals surface area contributed by atoms with Crippen LogP contribution in [0.2, 0.25) is 0 Å². The lowest BCUT2D eigenvalue weighted by atomic mass is 9.74. The number of hydrogen-bond acceptors (Lipinski definition) is 3. The molecule has 1 N–H and O–H groups in total. The highest BCUT2D eigenvalue weighted by Gasteiger charge is 2.35. The van der Waals surface area contributed by atoms with E-state index in [2.05, 4.69) is 41.5 Å². The topological polar surface area (TPSA) is 38.7 Å². The van der Waals surface area contributed by atoms with E-state index in [-0.39, 0.29) is 23.5 Å². The Hall–Kier alpha value is -0.120. The molecule has 98 valence electrons. The minimum absolute atomic E-state index is 0.0714. The van der Waals surface area contributed by atoms with Crippen molar-refractivity contribution in [1.82, 2.24) is 0 Å². The molecular formula is C13H28O3. The van der Waals surface area contributed by atoms with E-state index < -0.39 is 0 Å². The summed E-state index contributed by atoms with van der Waals surface area (Å²) in [5.41, 5.74) is 0.241. The Labute approximate surface area is 100 Å². The zero-order valence-electron chi connectivity index (χ0n) is 11.7. The van der Waals surface area contributed by atoms with Crippen molar-refractivity contribution in [2.24, 2.45) is 10.8 Å². The number of aliphatic hydroxyl groups excluding tert-OH is 1. The molecule has 0 spiro atoms. The summed E-state index contributed by atoms with van der Waals surface area (Å²) in [6.07, 6.45) is 0.192. The monoisotopic (exact) mass is 232 g/mol. The maximum atomic E-state index is 8.57. The summed E-state index contributed by atoms with van der Waals surface area (Å²) in [4.78, 5) is 0. The first-order valence-electron chi connectivity index (χ1n) is 6.00.